The molecule has 1 saturated heterocycles. The number of nitrogens with one attached hydrogen (secondary N) is 1. The van der Waals surface area contributed by atoms with Crippen LogP contribution >= 0.6 is 11.6 Å². The van der Waals surface area contributed by atoms with Gasteiger partial charge in [-0.05, 0) is 6.42 Å². The van der Waals surface area contributed by atoms with Crippen LogP contribution in [0.2, 0.25) is 5.15 Å². The second-order valence-corrected chi connectivity index (χ2v) is 4.37. The highest BCUT2D eigenvalue weighted by molar-refractivity contribution is 6.30. The van der Waals surface area contributed by atoms with E-state index in [-0.39, 0.29) is 0 Å². The Morgan fingerprint density at radius 2 is 2.13 bits per heavy atom. The van der Waals surface area contributed by atoms with Crippen molar-refractivity contribution in [3.8, 4) is 0 Å². The summed E-state index contributed by atoms with van der Waals surface area (Å²) in [4.78, 5) is 11.1. The fourth-order valence-electron chi connectivity index (χ4n) is 1.95. The molecule has 1 aromatic heterocycles. The minimum absolute atomic E-state index is 0.620. The quantitative estimate of drug-likeness (QED) is 0.723. The molecule has 0 aromatic carbocycles. The molecule has 0 aliphatic carbocycles. The van der Waals surface area contributed by atoms with Crippen molar-refractivity contribution in [1.29, 1.82) is 0 Å². The first kappa shape index (κ1) is 9.36. The molecule has 3 heterocycles. The van der Waals surface area contributed by atoms with Crippen LogP contribution in [0.5, 0.6) is 0 Å². The first-order valence-corrected chi connectivity index (χ1v) is 5.73. The van der Waals surface area contributed by atoms with E-state index in [9.17, 15) is 0 Å². The van der Waals surface area contributed by atoms with Crippen molar-refractivity contribution >= 4 is 17.5 Å². The Labute approximate surface area is 93.7 Å². The van der Waals surface area contributed by atoms with Gasteiger partial charge in [-0.2, -0.15) is 0 Å². The first-order chi connectivity index (χ1) is 7.34. The summed E-state index contributed by atoms with van der Waals surface area (Å²) >= 11 is 6.15. The lowest BCUT2D eigenvalue weighted by atomic mass is 10.1. The van der Waals surface area contributed by atoms with Crippen LogP contribution in [0.25, 0.3) is 0 Å². The van der Waals surface area contributed by atoms with Crippen molar-refractivity contribution in [2.24, 2.45) is 0 Å². The van der Waals surface area contributed by atoms with Crippen LogP contribution in [0, 0.1) is 0 Å². The number of rotatable bonds is 1. The first-order valence-electron chi connectivity index (χ1n) is 5.35. The Morgan fingerprint density at radius 3 is 2.87 bits per heavy atom. The third-order valence-corrected chi connectivity index (χ3v) is 3.32. The van der Waals surface area contributed by atoms with Crippen molar-refractivity contribution < 1.29 is 0 Å². The smallest absolute Gasteiger partial charge is 0.227 e. The predicted octanol–water partition coefficient (Wildman–Crippen LogP) is 0.986. The highest BCUT2D eigenvalue weighted by Gasteiger charge is 2.22. The van der Waals surface area contributed by atoms with E-state index >= 15 is 0 Å². The molecule has 0 bridgehead atoms. The van der Waals surface area contributed by atoms with E-state index in [2.05, 4.69) is 20.2 Å². The van der Waals surface area contributed by atoms with Crippen LogP contribution in [-0.2, 0) is 13.0 Å². The zero-order valence-corrected chi connectivity index (χ0v) is 9.22. The summed E-state index contributed by atoms with van der Waals surface area (Å²) < 4.78 is 0. The van der Waals surface area contributed by atoms with Crippen LogP contribution in [0.1, 0.15) is 17.7 Å². The molecule has 3 rings (SSSR count). The van der Waals surface area contributed by atoms with Gasteiger partial charge in [0.05, 0.1) is 5.69 Å². The highest BCUT2D eigenvalue weighted by atomic mass is 35.5. The zero-order chi connectivity index (χ0) is 10.3. The summed E-state index contributed by atoms with van der Waals surface area (Å²) in [7, 11) is 0. The van der Waals surface area contributed by atoms with Crippen molar-refractivity contribution in [3.63, 3.8) is 0 Å². The lowest BCUT2D eigenvalue weighted by Gasteiger charge is -2.32. The molecule has 0 unspecified atom stereocenters. The maximum atomic E-state index is 6.15. The van der Waals surface area contributed by atoms with Crippen LogP contribution in [-0.4, -0.2) is 29.6 Å². The van der Waals surface area contributed by atoms with Gasteiger partial charge < -0.3 is 10.2 Å². The molecule has 1 fully saturated rings. The fourth-order valence-corrected chi connectivity index (χ4v) is 2.20. The number of fused-ring (bicyclic) bond motifs is 1. The molecule has 4 nitrogen and oxygen atoms in total. The topological polar surface area (TPSA) is 41.1 Å². The number of hydrogen-bond acceptors (Lipinski definition) is 4. The molecule has 0 atom stereocenters. The summed E-state index contributed by atoms with van der Waals surface area (Å²) in [6.45, 7) is 3.91. The molecule has 15 heavy (non-hydrogen) atoms. The van der Waals surface area contributed by atoms with E-state index in [4.69, 9.17) is 11.6 Å². The summed E-state index contributed by atoms with van der Waals surface area (Å²) in [6.07, 6.45) is 2.19. The average molecular weight is 225 g/mol. The Kier molecular flexibility index (Phi) is 2.25. The van der Waals surface area contributed by atoms with E-state index in [1.165, 1.54) is 6.42 Å². The second-order valence-electron chi connectivity index (χ2n) is 4.01. The normalized spacial score (nSPS) is 19.7. The van der Waals surface area contributed by atoms with Crippen molar-refractivity contribution in [3.05, 3.63) is 16.4 Å². The van der Waals surface area contributed by atoms with Gasteiger partial charge in [-0.3, -0.25) is 0 Å². The van der Waals surface area contributed by atoms with Gasteiger partial charge in [0, 0.05) is 38.2 Å². The number of hydrogen-bond donors (Lipinski definition) is 1. The van der Waals surface area contributed by atoms with Crippen LogP contribution < -0.4 is 10.2 Å². The van der Waals surface area contributed by atoms with Crippen LogP contribution in [0.15, 0.2) is 0 Å². The summed E-state index contributed by atoms with van der Waals surface area (Å²) in [5.74, 6) is 0.812. The molecule has 1 aromatic rings. The number of nitrogens with zero attached hydrogens (tertiary/aromatic N) is 3. The van der Waals surface area contributed by atoms with E-state index in [1.807, 2.05) is 0 Å². The van der Waals surface area contributed by atoms with Gasteiger partial charge >= 0.3 is 0 Å². The van der Waals surface area contributed by atoms with E-state index in [0.29, 0.717) is 5.15 Å². The Hall–Kier alpha value is -0.870. The summed E-state index contributed by atoms with van der Waals surface area (Å²) in [6, 6.07) is 0. The SMILES string of the molecule is Clc1nc(N2CCC2)nc2c1CNCC2. The van der Waals surface area contributed by atoms with Crippen LogP contribution in [0.3, 0.4) is 0 Å². The van der Waals surface area contributed by atoms with E-state index in [1.54, 1.807) is 0 Å². The average Bonchev–Trinajstić information content (AvgIpc) is 2.15. The largest absolute Gasteiger partial charge is 0.341 e. The molecular formula is C10H13ClN4. The van der Waals surface area contributed by atoms with E-state index < -0.39 is 0 Å². The molecule has 2 aliphatic heterocycles. The second kappa shape index (κ2) is 3.61. The third kappa shape index (κ3) is 1.58. The molecule has 0 saturated carbocycles. The Morgan fingerprint density at radius 1 is 1.27 bits per heavy atom. The maximum Gasteiger partial charge on any atom is 0.227 e. The molecule has 80 valence electrons. The number of aromatic nitrogens is 2. The molecular weight excluding hydrogens is 212 g/mol. The lowest BCUT2D eigenvalue weighted by molar-refractivity contribution is 0.585. The summed E-state index contributed by atoms with van der Waals surface area (Å²) in [5, 5.41) is 3.90. The number of halogens is 1. The van der Waals surface area contributed by atoms with Gasteiger partial charge in [0.2, 0.25) is 5.95 Å². The molecule has 0 spiro atoms. The molecule has 0 amide bonds. The van der Waals surface area contributed by atoms with Crippen molar-refractivity contribution in [1.82, 2.24) is 15.3 Å². The van der Waals surface area contributed by atoms with Gasteiger partial charge in [0.25, 0.3) is 0 Å². The van der Waals surface area contributed by atoms with Crippen molar-refractivity contribution in [2.75, 3.05) is 24.5 Å². The molecule has 5 heteroatoms. The minimum atomic E-state index is 0.620. The zero-order valence-electron chi connectivity index (χ0n) is 8.46. The highest BCUT2D eigenvalue weighted by Crippen LogP contribution is 2.24. The monoisotopic (exact) mass is 224 g/mol. The predicted molar refractivity (Wildman–Crippen MR) is 59.3 cm³/mol. The third-order valence-electron chi connectivity index (χ3n) is 3.01. The summed E-state index contributed by atoms with van der Waals surface area (Å²) in [5.41, 5.74) is 2.20. The molecule has 1 N–H and O–H groups in total. The Bertz CT molecular complexity index is 389. The van der Waals surface area contributed by atoms with Crippen molar-refractivity contribution in [2.45, 2.75) is 19.4 Å². The maximum absolute atomic E-state index is 6.15. The van der Waals surface area contributed by atoms with E-state index in [0.717, 1.165) is 49.8 Å². The van der Waals surface area contributed by atoms with Gasteiger partial charge in [-0.25, -0.2) is 9.97 Å². The van der Waals surface area contributed by atoms with Crippen LogP contribution in [0.4, 0.5) is 5.95 Å². The van der Waals surface area contributed by atoms with Gasteiger partial charge in [-0.15, -0.1) is 0 Å². The molecule has 0 radical (unpaired) electrons. The number of anilines is 1. The van der Waals surface area contributed by atoms with Gasteiger partial charge in [0.15, 0.2) is 0 Å². The molecule has 2 aliphatic rings. The van der Waals surface area contributed by atoms with Gasteiger partial charge in [0.1, 0.15) is 5.15 Å². The Balaban J connectivity index is 2.00. The minimum Gasteiger partial charge on any atom is -0.341 e. The standard InChI is InChI=1S/C10H13ClN4/c11-9-7-6-12-3-2-8(7)13-10(14-9)15-4-1-5-15/h12H,1-6H2. The lowest BCUT2D eigenvalue weighted by Crippen LogP contribution is -2.39. The fraction of sp³-hybridized carbons (Fsp3) is 0.600. The van der Waals surface area contributed by atoms with Gasteiger partial charge in [-0.1, -0.05) is 11.6 Å².